The number of benzene rings is 1. The van der Waals surface area contributed by atoms with E-state index in [0.29, 0.717) is 30.3 Å². The van der Waals surface area contributed by atoms with Crippen LogP contribution in [0.15, 0.2) is 53.1 Å². The van der Waals surface area contributed by atoms with Crippen LogP contribution in [-0.2, 0) is 4.74 Å². The van der Waals surface area contributed by atoms with Crippen molar-refractivity contribution in [1.82, 2.24) is 15.0 Å². The normalized spacial score (nSPS) is 15.1. The summed E-state index contributed by atoms with van der Waals surface area (Å²) in [5, 5.41) is 0.909. The Balaban J connectivity index is 1.80. The number of nitrogens with zero attached hydrogens (tertiary/aromatic N) is 4. The summed E-state index contributed by atoms with van der Waals surface area (Å²) in [6, 6.07) is 13.9. The maximum atomic E-state index is 6.01. The molecule has 0 unspecified atom stereocenters. The molecule has 0 amide bonds. The third kappa shape index (κ3) is 2.42. The van der Waals surface area contributed by atoms with Gasteiger partial charge in [-0.1, -0.05) is 30.3 Å². The van der Waals surface area contributed by atoms with Crippen molar-refractivity contribution in [2.75, 3.05) is 31.2 Å². The Morgan fingerprint density at radius 3 is 2.60 bits per heavy atom. The van der Waals surface area contributed by atoms with Crippen molar-refractivity contribution in [1.29, 1.82) is 0 Å². The molecule has 6 nitrogen and oxygen atoms in total. The zero-order valence-corrected chi connectivity index (χ0v) is 13.6. The van der Waals surface area contributed by atoms with Crippen LogP contribution in [0, 0.1) is 0 Å². The third-order valence-electron chi connectivity index (χ3n) is 4.42. The van der Waals surface area contributed by atoms with Crippen molar-refractivity contribution in [3.8, 4) is 11.4 Å². The first-order valence-electron chi connectivity index (χ1n) is 8.33. The topological polar surface area (TPSA) is 64.3 Å². The van der Waals surface area contributed by atoms with Crippen molar-refractivity contribution in [3.63, 3.8) is 0 Å². The lowest BCUT2D eigenvalue weighted by Gasteiger charge is -2.27. The number of fused-ring (bicyclic) bond motifs is 3. The van der Waals surface area contributed by atoms with Crippen molar-refractivity contribution in [2.24, 2.45) is 0 Å². The molecule has 0 atom stereocenters. The number of rotatable bonds is 2. The molecule has 124 valence electrons. The van der Waals surface area contributed by atoms with E-state index < -0.39 is 0 Å². The van der Waals surface area contributed by atoms with E-state index in [1.165, 1.54) is 0 Å². The molecule has 0 aliphatic carbocycles. The van der Waals surface area contributed by atoms with Crippen LogP contribution in [0.25, 0.3) is 33.6 Å². The first kappa shape index (κ1) is 14.4. The molecule has 0 bridgehead atoms. The molecule has 1 saturated heterocycles. The number of aromatic nitrogens is 3. The molecule has 1 aromatic carbocycles. The van der Waals surface area contributed by atoms with Crippen LogP contribution in [0.5, 0.6) is 0 Å². The molecule has 4 aromatic rings. The van der Waals surface area contributed by atoms with Crippen LogP contribution in [0.1, 0.15) is 0 Å². The van der Waals surface area contributed by atoms with E-state index in [1.807, 2.05) is 42.5 Å². The Hall–Kier alpha value is -2.99. The number of furan rings is 1. The van der Waals surface area contributed by atoms with Crippen molar-refractivity contribution >= 4 is 28.0 Å². The second-order valence-corrected chi connectivity index (χ2v) is 5.97. The highest BCUT2D eigenvalue weighted by Crippen LogP contribution is 2.34. The second kappa shape index (κ2) is 5.82. The Kier molecular flexibility index (Phi) is 3.34. The van der Waals surface area contributed by atoms with Crippen molar-refractivity contribution < 1.29 is 9.15 Å². The van der Waals surface area contributed by atoms with Gasteiger partial charge in [-0.25, -0.2) is 15.0 Å². The van der Waals surface area contributed by atoms with E-state index in [4.69, 9.17) is 19.1 Å². The van der Waals surface area contributed by atoms with Crippen LogP contribution >= 0.6 is 0 Å². The highest BCUT2D eigenvalue weighted by Gasteiger charge is 2.22. The van der Waals surface area contributed by atoms with Gasteiger partial charge in [-0.2, -0.15) is 0 Å². The average Bonchev–Trinajstić information content (AvgIpc) is 3.07. The molecule has 6 heteroatoms. The number of pyridine rings is 1. The van der Waals surface area contributed by atoms with Gasteiger partial charge in [0.1, 0.15) is 5.52 Å². The van der Waals surface area contributed by atoms with Gasteiger partial charge in [0.05, 0.1) is 18.6 Å². The molecule has 1 aliphatic rings. The van der Waals surface area contributed by atoms with Crippen LogP contribution in [0.4, 0.5) is 5.82 Å². The first-order chi connectivity index (χ1) is 12.4. The molecular weight excluding hydrogens is 316 g/mol. The molecule has 5 rings (SSSR count). The van der Waals surface area contributed by atoms with Crippen molar-refractivity contribution in [3.05, 3.63) is 48.7 Å². The van der Waals surface area contributed by atoms with E-state index in [9.17, 15) is 0 Å². The Bertz CT molecular complexity index is 1040. The molecule has 3 aromatic heterocycles. The number of hydrogen-bond acceptors (Lipinski definition) is 6. The maximum absolute atomic E-state index is 6.01. The van der Waals surface area contributed by atoms with E-state index in [1.54, 1.807) is 6.20 Å². The van der Waals surface area contributed by atoms with Gasteiger partial charge in [-0.05, 0) is 12.1 Å². The summed E-state index contributed by atoms with van der Waals surface area (Å²) in [7, 11) is 0. The van der Waals surface area contributed by atoms with Gasteiger partial charge in [0.2, 0.25) is 5.71 Å². The molecule has 1 aliphatic heterocycles. The van der Waals surface area contributed by atoms with Gasteiger partial charge in [-0.3, -0.25) is 0 Å². The zero-order valence-electron chi connectivity index (χ0n) is 13.6. The van der Waals surface area contributed by atoms with Crippen LogP contribution in [0.3, 0.4) is 0 Å². The summed E-state index contributed by atoms with van der Waals surface area (Å²) in [6.07, 6.45) is 1.73. The predicted octanol–water partition coefficient (Wildman–Crippen LogP) is 3.27. The molecule has 0 saturated carbocycles. The largest absolute Gasteiger partial charge is 0.432 e. The SMILES string of the molecule is c1ccc(-c2nc(N3CCOCC3)c3oc4ncccc4c3n2)cc1. The number of ether oxygens (including phenoxy) is 1. The lowest BCUT2D eigenvalue weighted by molar-refractivity contribution is 0.122. The fraction of sp³-hybridized carbons (Fsp3) is 0.211. The zero-order chi connectivity index (χ0) is 16.6. The van der Waals surface area contributed by atoms with Crippen LogP contribution < -0.4 is 4.90 Å². The van der Waals surface area contributed by atoms with Gasteiger partial charge >= 0.3 is 0 Å². The summed E-state index contributed by atoms with van der Waals surface area (Å²) >= 11 is 0. The Morgan fingerprint density at radius 2 is 1.76 bits per heavy atom. The molecule has 0 N–H and O–H groups in total. The highest BCUT2D eigenvalue weighted by molar-refractivity contribution is 6.05. The van der Waals surface area contributed by atoms with Gasteiger partial charge in [0.25, 0.3) is 0 Å². The number of anilines is 1. The number of hydrogen-bond donors (Lipinski definition) is 0. The molecular formula is C19H16N4O2. The molecule has 0 radical (unpaired) electrons. The summed E-state index contributed by atoms with van der Waals surface area (Å²) in [6.45, 7) is 2.94. The Morgan fingerprint density at radius 1 is 0.920 bits per heavy atom. The van der Waals surface area contributed by atoms with E-state index in [0.717, 1.165) is 35.4 Å². The minimum Gasteiger partial charge on any atom is -0.432 e. The number of morpholine rings is 1. The summed E-state index contributed by atoms with van der Waals surface area (Å²) in [5.74, 6) is 1.51. The fourth-order valence-electron chi connectivity index (χ4n) is 3.17. The lowest BCUT2D eigenvalue weighted by atomic mass is 10.2. The molecule has 1 fully saturated rings. The van der Waals surface area contributed by atoms with Gasteiger partial charge in [-0.15, -0.1) is 0 Å². The summed E-state index contributed by atoms with van der Waals surface area (Å²) in [4.78, 5) is 16.1. The van der Waals surface area contributed by atoms with Crippen LogP contribution in [-0.4, -0.2) is 41.3 Å². The predicted molar refractivity (Wildman–Crippen MR) is 95.6 cm³/mol. The van der Waals surface area contributed by atoms with E-state index in [2.05, 4.69) is 9.88 Å². The monoisotopic (exact) mass is 332 g/mol. The molecule has 4 heterocycles. The van der Waals surface area contributed by atoms with E-state index in [-0.39, 0.29) is 0 Å². The maximum Gasteiger partial charge on any atom is 0.229 e. The van der Waals surface area contributed by atoms with Crippen LogP contribution in [0.2, 0.25) is 0 Å². The fourth-order valence-corrected chi connectivity index (χ4v) is 3.17. The third-order valence-corrected chi connectivity index (χ3v) is 4.42. The lowest BCUT2D eigenvalue weighted by Crippen LogP contribution is -2.37. The van der Waals surface area contributed by atoms with Crippen molar-refractivity contribution in [2.45, 2.75) is 0 Å². The van der Waals surface area contributed by atoms with Gasteiger partial charge < -0.3 is 14.1 Å². The second-order valence-electron chi connectivity index (χ2n) is 5.97. The molecule has 0 spiro atoms. The van der Waals surface area contributed by atoms with Gasteiger partial charge in [0, 0.05) is 24.8 Å². The summed E-state index contributed by atoms with van der Waals surface area (Å²) < 4.78 is 11.5. The standard InChI is InChI=1S/C19H16N4O2/c1-2-5-13(6-3-1)17-21-15-14-7-4-8-20-19(14)25-16(15)18(22-17)23-9-11-24-12-10-23/h1-8H,9-12H2. The average molecular weight is 332 g/mol. The quantitative estimate of drug-likeness (QED) is 0.561. The smallest absolute Gasteiger partial charge is 0.229 e. The molecule has 25 heavy (non-hydrogen) atoms. The first-order valence-corrected chi connectivity index (χ1v) is 8.33. The highest BCUT2D eigenvalue weighted by atomic mass is 16.5. The van der Waals surface area contributed by atoms with Gasteiger partial charge in [0.15, 0.2) is 17.2 Å². The minimum atomic E-state index is 0.589. The Labute approximate surface area is 144 Å². The summed E-state index contributed by atoms with van der Waals surface area (Å²) in [5.41, 5.74) is 3.07. The minimum absolute atomic E-state index is 0.589. The van der Waals surface area contributed by atoms with E-state index >= 15 is 0 Å².